The van der Waals surface area contributed by atoms with E-state index in [1.165, 1.54) is 24.4 Å². The maximum atomic E-state index is 11.2. The first kappa shape index (κ1) is 12.6. The van der Waals surface area contributed by atoms with Gasteiger partial charge in [-0.3, -0.25) is 4.79 Å². The van der Waals surface area contributed by atoms with Gasteiger partial charge in [0.05, 0.1) is 7.11 Å². The molecule has 4 heteroatoms. The van der Waals surface area contributed by atoms with E-state index in [1.807, 2.05) is 31.2 Å². The van der Waals surface area contributed by atoms with Crippen molar-refractivity contribution in [1.82, 2.24) is 0 Å². The molecule has 0 aliphatic rings. The summed E-state index contributed by atoms with van der Waals surface area (Å²) in [7, 11) is 1.41. The van der Waals surface area contributed by atoms with Gasteiger partial charge in [-0.05, 0) is 24.6 Å². The summed E-state index contributed by atoms with van der Waals surface area (Å²) in [6, 6.07) is 8.11. The third-order valence-electron chi connectivity index (χ3n) is 1.92. The maximum Gasteiger partial charge on any atom is 0.318 e. The molecule has 82 valence electrons. The molecular formula is C11H13BrO2S. The smallest absolute Gasteiger partial charge is 0.318 e. The first-order valence-corrected chi connectivity index (χ1v) is 6.57. The number of thioether (sulfide) groups is 1. The topological polar surface area (TPSA) is 26.3 Å². The number of hydrogen-bond donors (Lipinski definition) is 0. The number of carbonyl (C=O) groups excluding carboxylic acids is 1. The van der Waals surface area contributed by atoms with Gasteiger partial charge in [0, 0.05) is 10.2 Å². The number of benzene rings is 1. The predicted octanol–water partition coefficient (Wildman–Crippen LogP) is 3.24. The monoisotopic (exact) mass is 288 g/mol. The van der Waals surface area contributed by atoms with Crippen LogP contribution in [0.3, 0.4) is 0 Å². The number of hydrogen-bond acceptors (Lipinski definition) is 3. The fraction of sp³-hybridized carbons (Fsp3) is 0.364. The Bertz CT molecular complexity index is 324. The van der Waals surface area contributed by atoms with Gasteiger partial charge < -0.3 is 4.74 Å². The molecule has 0 spiro atoms. The zero-order valence-electron chi connectivity index (χ0n) is 8.70. The van der Waals surface area contributed by atoms with Gasteiger partial charge in [-0.25, -0.2) is 0 Å². The molecule has 2 nitrogen and oxygen atoms in total. The van der Waals surface area contributed by atoms with Crippen LogP contribution in [0, 0.1) is 0 Å². The Morgan fingerprint density at radius 2 is 2.07 bits per heavy atom. The summed E-state index contributed by atoms with van der Waals surface area (Å²) in [6.07, 6.45) is 0. The van der Waals surface area contributed by atoms with Gasteiger partial charge in [0.25, 0.3) is 0 Å². The Hall–Kier alpha value is -0.480. The van der Waals surface area contributed by atoms with E-state index < -0.39 is 0 Å². The van der Waals surface area contributed by atoms with Crippen LogP contribution >= 0.6 is 27.7 Å². The molecule has 0 aliphatic carbocycles. The van der Waals surface area contributed by atoms with Gasteiger partial charge in [-0.2, -0.15) is 0 Å². The van der Waals surface area contributed by atoms with Gasteiger partial charge in [0.1, 0.15) is 5.25 Å². The minimum atomic E-state index is -0.190. The molecular weight excluding hydrogens is 276 g/mol. The molecule has 1 aromatic rings. The summed E-state index contributed by atoms with van der Waals surface area (Å²) in [5, 5.41) is 0.689. The van der Waals surface area contributed by atoms with Crippen LogP contribution in [0.25, 0.3) is 0 Å². The van der Waals surface area contributed by atoms with Crippen molar-refractivity contribution in [3.05, 3.63) is 29.8 Å². The quantitative estimate of drug-likeness (QED) is 0.483. The summed E-state index contributed by atoms with van der Waals surface area (Å²) in [4.78, 5) is 12.3. The molecule has 0 heterocycles. The number of carbonyl (C=O) groups is 1. The van der Waals surface area contributed by atoms with Crippen molar-refractivity contribution in [3.63, 3.8) is 0 Å². The highest BCUT2D eigenvalue weighted by Gasteiger charge is 2.13. The molecule has 1 rings (SSSR count). The summed E-state index contributed by atoms with van der Waals surface area (Å²) in [5.74, 6) is -0.190. The van der Waals surface area contributed by atoms with Crippen LogP contribution in [-0.2, 0) is 14.9 Å². The third-order valence-corrected chi connectivity index (χ3v) is 3.66. The van der Waals surface area contributed by atoms with Crippen molar-refractivity contribution in [3.8, 4) is 0 Å². The standard InChI is InChI=1S/C11H13BrO2S/c1-8(11(13)14-2)15-10-5-3-9(7-12)4-6-10/h3-6,8H,7H2,1-2H3. The lowest BCUT2D eigenvalue weighted by molar-refractivity contribution is -0.139. The van der Waals surface area contributed by atoms with Crippen molar-refractivity contribution in [2.45, 2.75) is 22.4 Å². The summed E-state index contributed by atoms with van der Waals surface area (Å²) < 4.78 is 4.66. The first-order valence-electron chi connectivity index (χ1n) is 4.56. The highest BCUT2D eigenvalue weighted by Crippen LogP contribution is 2.24. The molecule has 1 aromatic carbocycles. The highest BCUT2D eigenvalue weighted by molar-refractivity contribution is 9.08. The molecule has 0 fully saturated rings. The van der Waals surface area contributed by atoms with E-state index in [-0.39, 0.29) is 11.2 Å². The molecule has 15 heavy (non-hydrogen) atoms. The minimum Gasteiger partial charge on any atom is -0.468 e. The third kappa shape index (κ3) is 3.87. The van der Waals surface area contributed by atoms with Gasteiger partial charge in [0.2, 0.25) is 0 Å². The second kappa shape index (κ2) is 6.18. The Morgan fingerprint density at radius 1 is 1.47 bits per heavy atom. The number of ether oxygens (including phenoxy) is 1. The molecule has 0 saturated carbocycles. The zero-order chi connectivity index (χ0) is 11.3. The zero-order valence-corrected chi connectivity index (χ0v) is 11.1. The maximum absolute atomic E-state index is 11.2. The molecule has 0 aromatic heterocycles. The fourth-order valence-corrected chi connectivity index (χ4v) is 2.34. The van der Waals surface area contributed by atoms with E-state index in [2.05, 4.69) is 20.7 Å². The number of esters is 1. The fourth-order valence-electron chi connectivity index (χ4n) is 1.08. The summed E-state index contributed by atoms with van der Waals surface area (Å²) in [6.45, 7) is 1.84. The van der Waals surface area contributed by atoms with E-state index in [0.29, 0.717) is 0 Å². The Kier molecular flexibility index (Phi) is 5.19. The van der Waals surface area contributed by atoms with E-state index >= 15 is 0 Å². The SMILES string of the molecule is COC(=O)C(C)Sc1ccc(CBr)cc1. The van der Waals surface area contributed by atoms with Crippen molar-refractivity contribution in [2.75, 3.05) is 7.11 Å². The highest BCUT2D eigenvalue weighted by atomic mass is 79.9. The average molecular weight is 289 g/mol. The lowest BCUT2D eigenvalue weighted by atomic mass is 10.2. The summed E-state index contributed by atoms with van der Waals surface area (Å²) in [5.41, 5.74) is 1.23. The molecule has 0 amide bonds. The van der Waals surface area contributed by atoms with E-state index in [4.69, 9.17) is 0 Å². The first-order chi connectivity index (χ1) is 7.17. The predicted molar refractivity (Wildman–Crippen MR) is 66.4 cm³/mol. The van der Waals surface area contributed by atoms with E-state index in [9.17, 15) is 4.79 Å². The summed E-state index contributed by atoms with van der Waals surface area (Å²) >= 11 is 4.89. The average Bonchev–Trinajstić information content (AvgIpc) is 2.29. The van der Waals surface area contributed by atoms with Gasteiger partial charge in [0.15, 0.2) is 0 Å². The Morgan fingerprint density at radius 3 is 2.53 bits per heavy atom. The van der Waals surface area contributed by atoms with Gasteiger partial charge in [-0.15, -0.1) is 11.8 Å². The number of alkyl halides is 1. The van der Waals surface area contributed by atoms with Crippen LogP contribution in [0.4, 0.5) is 0 Å². The van der Waals surface area contributed by atoms with Gasteiger partial charge >= 0.3 is 5.97 Å². The van der Waals surface area contributed by atoms with Crippen LogP contribution in [0.1, 0.15) is 12.5 Å². The van der Waals surface area contributed by atoms with Crippen LogP contribution in [-0.4, -0.2) is 18.3 Å². The molecule has 0 saturated heterocycles. The van der Waals surface area contributed by atoms with Crippen molar-refractivity contribution in [2.24, 2.45) is 0 Å². The van der Waals surface area contributed by atoms with Crippen LogP contribution in [0.2, 0.25) is 0 Å². The van der Waals surface area contributed by atoms with E-state index in [0.717, 1.165) is 10.2 Å². The molecule has 0 bridgehead atoms. The van der Waals surface area contributed by atoms with Crippen molar-refractivity contribution >= 4 is 33.7 Å². The van der Waals surface area contributed by atoms with Crippen LogP contribution in [0.5, 0.6) is 0 Å². The number of methoxy groups -OCH3 is 1. The normalized spacial score (nSPS) is 12.2. The van der Waals surface area contributed by atoms with Crippen LogP contribution < -0.4 is 0 Å². The minimum absolute atomic E-state index is 0.162. The Labute approximate surface area is 103 Å². The second-order valence-electron chi connectivity index (χ2n) is 3.06. The lowest BCUT2D eigenvalue weighted by Crippen LogP contribution is -2.14. The Balaban J connectivity index is 2.60. The largest absolute Gasteiger partial charge is 0.468 e. The van der Waals surface area contributed by atoms with Gasteiger partial charge in [-0.1, -0.05) is 28.1 Å². The number of halogens is 1. The lowest BCUT2D eigenvalue weighted by Gasteiger charge is -2.08. The molecule has 1 atom stereocenters. The van der Waals surface area contributed by atoms with Crippen LogP contribution in [0.15, 0.2) is 29.2 Å². The second-order valence-corrected chi connectivity index (χ2v) is 5.04. The van der Waals surface area contributed by atoms with Crippen molar-refractivity contribution in [1.29, 1.82) is 0 Å². The molecule has 0 aliphatic heterocycles. The van der Waals surface area contributed by atoms with Crippen molar-refractivity contribution < 1.29 is 9.53 Å². The van der Waals surface area contributed by atoms with E-state index in [1.54, 1.807) is 0 Å². The molecule has 1 unspecified atom stereocenters. The molecule has 0 N–H and O–H groups in total. The molecule has 0 radical (unpaired) electrons. The number of rotatable bonds is 4.